The van der Waals surface area contributed by atoms with E-state index in [1.807, 2.05) is 26.2 Å². The number of nitrogens with zero attached hydrogens (tertiary/aromatic N) is 1. The Bertz CT molecular complexity index is 973. The molecule has 0 aliphatic rings. The quantitative estimate of drug-likeness (QED) is 0.186. The minimum atomic E-state index is -4.47. The Kier molecular flexibility index (Phi) is 9.95. The summed E-state index contributed by atoms with van der Waals surface area (Å²) in [6, 6.07) is 11.4. The molecule has 6 nitrogen and oxygen atoms in total. The second-order valence-electron chi connectivity index (χ2n) is 8.17. The normalized spacial score (nSPS) is 13.4. The van der Waals surface area contributed by atoms with Crippen molar-refractivity contribution in [3.8, 4) is 0 Å². The standard InChI is InChI=1S/C25H33F3N4O2/c1-5-34-24(33)22(17(2)31-21-9-6-8-19(16-21)25(26,27)28)23(30-14-7-15-32(3)4)18-10-12-20(29)13-11-18/h6,8-13,16,23,30-31H,5,7,14-15,29H2,1-4H3/b22-17+/t23-/m1/s1. The zero-order chi connectivity index (χ0) is 25.3. The van der Waals surface area contributed by atoms with E-state index in [1.165, 1.54) is 12.1 Å². The maximum Gasteiger partial charge on any atom is 0.416 e. The van der Waals surface area contributed by atoms with E-state index < -0.39 is 23.8 Å². The van der Waals surface area contributed by atoms with Gasteiger partial charge in [0, 0.05) is 17.1 Å². The molecule has 0 heterocycles. The van der Waals surface area contributed by atoms with Crippen molar-refractivity contribution in [2.24, 2.45) is 0 Å². The number of benzene rings is 2. The molecule has 0 spiro atoms. The Labute approximate surface area is 199 Å². The van der Waals surface area contributed by atoms with E-state index in [1.54, 1.807) is 26.0 Å². The molecule has 0 saturated heterocycles. The van der Waals surface area contributed by atoms with E-state index in [0.717, 1.165) is 30.7 Å². The Balaban J connectivity index is 2.47. The SMILES string of the molecule is CCOC(=O)/C(=C(\C)Nc1cccc(C(F)(F)F)c1)[C@H](NCCCN(C)C)c1ccc(N)cc1. The number of halogens is 3. The monoisotopic (exact) mass is 478 g/mol. The highest BCUT2D eigenvalue weighted by molar-refractivity contribution is 5.91. The molecule has 0 bridgehead atoms. The molecule has 0 aliphatic heterocycles. The fourth-order valence-corrected chi connectivity index (χ4v) is 3.47. The van der Waals surface area contributed by atoms with Crippen LogP contribution in [0.5, 0.6) is 0 Å². The van der Waals surface area contributed by atoms with Gasteiger partial charge < -0.3 is 26.0 Å². The van der Waals surface area contributed by atoms with Crippen LogP contribution in [0.1, 0.15) is 37.4 Å². The van der Waals surface area contributed by atoms with Gasteiger partial charge in [0.05, 0.1) is 23.8 Å². The summed E-state index contributed by atoms with van der Waals surface area (Å²) in [5.74, 6) is -0.554. The van der Waals surface area contributed by atoms with Crippen molar-refractivity contribution in [3.63, 3.8) is 0 Å². The molecule has 2 aromatic rings. The van der Waals surface area contributed by atoms with E-state index in [0.29, 0.717) is 17.9 Å². The smallest absolute Gasteiger partial charge is 0.416 e. The molecular formula is C25H33F3N4O2. The summed E-state index contributed by atoms with van der Waals surface area (Å²) in [6.07, 6.45) is -3.64. The third kappa shape index (κ3) is 8.07. The summed E-state index contributed by atoms with van der Waals surface area (Å²) >= 11 is 0. The van der Waals surface area contributed by atoms with Crippen LogP contribution in [0.3, 0.4) is 0 Å². The number of esters is 1. The molecule has 0 radical (unpaired) electrons. The average Bonchev–Trinajstić information content (AvgIpc) is 2.76. The Hall–Kier alpha value is -3.04. The van der Waals surface area contributed by atoms with Crippen molar-refractivity contribution in [2.45, 2.75) is 32.5 Å². The number of carbonyl (C=O) groups is 1. The summed E-state index contributed by atoms with van der Waals surface area (Å²) in [5.41, 5.74) is 7.32. The van der Waals surface area contributed by atoms with Gasteiger partial charge in [-0.2, -0.15) is 13.2 Å². The summed E-state index contributed by atoms with van der Waals surface area (Å²) in [5, 5.41) is 6.38. The predicted octanol–water partition coefficient (Wildman–Crippen LogP) is 4.82. The van der Waals surface area contributed by atoms with Crippen LogP contribution >= 0.6 is 0 Å². The van der Waals surface area contributed by atoms with Gasteiger partial charge in [0.2, 0.25) is 0 Å². The van der Waals surface area contributed by atoms with Crippen molar-refractivity contribution in [1.82, 2.24) is 10.2 Å². The van der Waals surface area contributed by atoms with Crippen molar-refractivity contribution in [1.29, 1.82) is 0 Å². The van der Waals surface area contributed by atoms with Crippen LogP contribution in [0, 0.1) is 0 Å². The minimum absolute atomic E-state index is 0.161. The molecule has 1 atom stereocenters. The molecule has 4 N–H and O–H groups in total. The Morgan fingerprint density at radius 2 is 1.82 bits per heavy atom. The highest BCUT2D eigenvalue weighted by atomic mass is 19.4. The lowest BCUT2D eigenvalue weighted by atomic mass is 9.96. The van der Waals surface area contributed by atoms with Crippen LogP contribution in [-0.2, 0) is 15.7 Å². The first kappa shape index (κ1) is 27.2. The van der Waals surface area contributed by atoms with Gasteiger partial charge in [0.25, 0.3) is 0 Å². The largest absolute Gasteiger partial charge is 0.463 e. The number of nitrogens with two attached hydrogens (primary N) is 1. The summed E-state index contributed by atoms with van der Waals surface area (Å²) in [4.78, 5) is 15.1. The number of hydrogen-bond acceptors (Lipinski definition) is 6. The summed E-state index contributed by atoms with van der Waals surface area (Å²) < 4.78 is 44.8. The van der Waals surface area contributed by atoms with E-state index in [2.05, 4.69) is 15.5 Å². The maximum absolute atomic E-state index is 13.2. The fraction of sp³-hybridized carbons (Fsp3) is 0.400. The molecule has 9 heteroatoms. The Morgan fingerprint density at radius 3 is 2.41 bits per heavy atom. The Morgan fingerprint density at radius 1 is 1.15 bits per heavy atom. The van der Waals surface area contributed by atoms with E-state index in [9.17, 15) is 18.0 Å². The van der Waals surface area contributed by atoms with Gasteiger partial charge in [0.15, 0.2) is 0 Å². The van der Waals surface area contributed by atoms with Gasteiger partial charge in [-0.15, -0.1) is 0 Å². The molecule has 0 saturated carbocycles. The number of hydrogen-bond donors (Lipinski definition) is 3. The number of anilines is 2. The lowest BCUT2D eigenvalue weighted by Gasteiger charge is -2.25. The van der Waals surface area contributed by atoms with Crippen LogP contribution in [0.4, 0.5) is 24.5 Å². The lowest BCUT2D eigenvalue weighted by Crippen LogP contribution is -2.31. The zero-order valence-corrected chi connectivity index (χ0v) is 20.0. The number of alkyl halides is 3. The van der Waals surface area contributed by atoms with Crippen LogP contribution < -0.4 is 16.4 Å². The first-order valence-electron chi connectivity index (χ1n) is 11.1. The van der Waals surface area contributed by atoms with Gasteiger partial charge in [0.1, 0.15) is 0 Å². The van der Waals surface area contributed by atoms with Crippen LogP contribution in [0.15, 0.2) is 59.8 Å². The van der Waals surface area contributed by atoms with Crippen LogP contribution in [0.25, 0.3) is 0 Å². The maximum atomic E-state index is 13.2. The molecule has 2 aromatic carbocycles. The molecule has 0 aliphatic carbocycles. The lowest BCUT2D eigenvalue weighted by molar-refractivity contribution is -0.139. The molecule has 186 valence electrons. The van der Waals surface area contributed by atoms with Crippen molar-refractivity contribution in [3.05, 3.63) is 70.9 Å². The van der Waals surface area contributed by atoms with Crippen LogP contribution in [-0.4, -0.2) is 44.7 Å². The second-order valence-corrected chi connectivity index (χ2v) is 8.17. The highest BCUT2D eigenvalue weighted by Crippen LogP contribution is 2.32. The minimum Gasteiger partial charge on any atom is -0.463 e. The summed E-state index contributed by atoms with van der Waals surface area (Å²) in [6.45, 7) is 4.97. The predicted molar refractivity (Wildman–Crippen MR) is 129 cm³/mol. The zero-order valence-electron chi connectivity index (χ0n) is 20.0. The van der Waals surface area contributed by atoms with Gasteiger partial charge in [-0.25, -0.2) is 4.79 Å². The number of carbonyl (C=O) groups excluding carboxylic acids is 1. The molecular weight excluding hydrogens is 445 g/mol. The summed E-state index contributed by atoms with van der Waals surface area (Å²) in [7, 11) is 3.95. The first-order valence-corrected chi connectivity index (χ1v) is 11.1. The van der Waals surface area contributed by atoms with Crippen molar-refractivity contribution < 1.29 is 22.7 Å². The highest BCUT2D eigenvalue weighted by Gasteiger charge is 2.31. The molecule has 0 amide bonds. The van der Waals surface area contributed by atoms with E-state index in [-0.39, 0.29) is 17.9 Å². The topological polar surface area (TPSA) is 79.6 Å². The van der Waals surface area contributed by atoms with E-state index in [4.69, 9.17) is 10.5 Å². The molecule has 34 heavy (non-hydrogen) atoms. The van der Waals surface area contributed by atoms with Gasteiger partial charge in [-0.05, 0) is 83.3 Å². The van der Waals surface area contributed by atoms with Crippen LogP contribution in [0.2, 0.25) is 0 Å². The average molecular weight is 479 g/mol. The number of nitrogens with one attached hydrogen (secondary N) is 2. The number of ether oxygens (including phenoxy) is 1. The third-order valence-corrected chi connectivity index (χ3v) is 5.11. The fourth-order valence-electron chi connectivity index (χ4n) is 3.47. The first-order chi connectivity index (χ1) is 16.0. The number of rotatable bonds is 11. The van der Waals surface area contributed by atoms with Gasteiger partial charge >= 0.3 is 12.1 Å². The third-order valence-electron chi connectivity index (χ3n) is 5.11. The van der Waals surface area contributed by atoms with E-state index >= 15 is 0 Å². The van der Waals surface area contributed by atoms with Crippen molar-refractivity contribution >= 4 is 17.3 Å². The number of allylic oxidation sites excluding steroid dienone is 1. The molecule has 0 unspecified atom stereocenters. The second kappa shape index (κ2) is 12.4. The molecule has 0 aromatic heterocycles. The molecule has 0 fully saturated rings. The van der Waals surface area contributed by atoms with Crippen molar-refractivity contribution in [2.75, 3.05) is 44.8 Å². The molecule has 2 rings (SSSR count). The van der Waals surface area contributed by atoms with Gasteiger partial charge in [-0.3, -0.25) is 0 Å². The van der Waals surface area contributed by atoms with Gasteiger partial charge in [-0.1, -0.05) is 18.2 Å². The number of nitrogen functional groups attached to an aromatic ring is 1.